The van der Waals surface area contributed by atoms with E-state index in [1.54, 1.807) is 6.20 Å². The van der Waals surface area contributed by atoms with Crippen molar-refractivity contribution >= 4 is 11.6 Å². The van der Waals surface area contributed by atoms with Crippen LogP contribution in [-0.4, -0.2) is 28.1 Å². The second-order valence-corrected chi connectivity index (χ2v) is 5.98. The van der Waals surface area contributed by atoms with Crippen LogP contribution in [0.4, 0.5) is 5.69 Å². The number of imidazole rings is 1. The normalized spacial score (nSPS) is 20.0. The number of hydrogen-bond donors (Lipinski definition) is 0. The van der Waals surface area contributed by atoms with Gasteiger partial charge in [-0.3, -0.25) is 9.69 Å². The minimum atomic E-state index is -0.0115. The Labute approximate surface area is 129 Å². The lowest BCUT2D eigenvalue weighted by molar-refractivity contribution is 0.0951. The number of benzene rings is 1. The summed E-state index contributed by atoms with van der Waals surface area (Å²) in [5, 5.41) is 0. The molecule has 1 aromatic carbocycles. The van der Waals surface area contributed by atoms with Crippen LogP contribution in [0.5, 0.6) is 5.75 Å². The zero-order valence-corrected chi connectivity index (χ0v) is 12.7. The summed E-state index contributed by atoms with van der Waals surface area (Å²) in [4.78, 5) is 19.3. The molecule has 0 radical (unpaired) electrons. The molecule has 114 valence electrons. The van der Waals surface area contributed by atoms with Crippen molar-refractivity contribution in [3.63, 3.8) is 0 Å². The van der Waals surface area contributed by atoms with E-state index in [1.807, 2.05) is 36.1 Å². The van der Waals surface area contributed by atoms with E-state index in [0.717, 1.165) is 43.1 Å². The molecule has 1 unspecified atom stereocenters. The molecule has 0 spiro atoms. The lowest BCUT2D eigenvalue weighted by Gasteiger charge is -2.33. The highest BCUT2D eigenvalue weighted by atomic mass is 16.5. The number of hydrogen-bond acceptors (Lipinski definition) is 3. The Morgan fingerprint density at radius 3 is 3.09 bits per heavy atom. The van der Waals surface area contributed by atoms with Gasteiger partial charge in [-0.2, -0.15) is 0 Å². The summed E-state index contributed by atoms with van der Waals surface area (Å²) in [5.74, 6) is 1.82. The third-order valence-electron chi connectivity index (χ3n) is 4.36. The molecule has 5 nitrogen and oxygen atoms in total. The van der Waals surface area contributed by atoms with Crippen LogP contribution in [0, 0.1) is 0 Å². The third kappa shape index (κ3) is 2.08. The third-order valence-corrected chi connectivity index (χ3v) is 4.36. The topological polar surface area (TPSA) is 47.4 Å². The second-order valence-electron chi connectivity index (χ2n) is 5.98. The molecule has 2 aliphatic rings. The zero-order valence-electron chi connectivity index (χ0n) is 12.7. The molecule has 2 aromatic rings. The number of carbonyl (C=O) groups is 1. The number of carbonyl (C=O) groups excluding carboxylic acids is 1. The predicted molar refractivity (Wildman–Crippen MR) is 83.4 cm³/mol. The van der Waals surface area contributed by atoms with Gasteiger partial charge < -0.3 is 9.30 Å². The van der Waals surface area contributed by atoms with Gasteiger partial charge in [0, 0.05) is 13.0 Å². The Morgan fingerprint density at radius 1 is 1.32 bits per heavy atom. The van der Waals surface area contributed by atoms with Crippen molar-refractivity contribution < 1.29 is 9.53 Å². The van der Waals surface area contributed by atoms with Crippen molar-refractivity contribution in [3.8, 4) is 5.75 Å². The summed E-state index contributed by atoms with van der Waals surface area (Å²) < 4.78 is 7.90. The van der Waals surface area contributed by atoms with Crippen LogP contribution in [0.1, 0.15) is 36.1 Å². The van der Waals surface area contributed by atoms with Crippen molar-refractivity contribution in [2.75, 3.05) is 11.4 Å². The van der Waals surface area contributed by atoms with Gasteiger partial charge >= 0.3 is 0 Å². The molecule has 3 heterocycles. The Balaban J connectivity index is 1.73. The molecule has 0 saturated heterocycles. The van der Waals surface area contributed by atoms with E-state index in [1.165, 1.54) is 0 Å². The Hall–Kier alpha value is -2.30. The van der Waals surface area contributed by atoms with Crippen LogP contribution in [0.15, 0.2) is 30.5 Å². The van der Waals surface area contributed by atoms with E-state index in [-0.39, 0.29) is 12.0 Å². The summed E-state index contributed by atoms with van der Waals surface area (Å²) >= 11 is 0. The molecular formula is C17H19N3O2. The molecule has 22 heavy (non-hydrogen) atoms. The van der Waals surface area contributed by atoms with E-state index in [0.29, 0.717) is 12.2 Å². The number of rotatable bonds is 1. The minimum Gasteiger partial charge on any atom is -0.487 e. The molecule has 1 aromatic heterocycles. The average Bonchev–Trinajstić information content (AvgIpc) is 2.97. The van der Waals surface area contributed by atoms with E-state index in [4.69, 9.17) is 4.74 Å². The van der Waals surface area contributed by atoms with Crippen molar-refractivity contribution in [2.24, 2.45) is 0 Å². The van der Waals surface area contributed by atoms with Crippen LogP contribution in [0.3, 0.4) is 0 Å². The van der Waals surface area contributed by atoms with Crippen molar-refractivity contribution in [3.05, 3.63) is 42.0 Å². The van der Waals surface area contributed by atoms with E-state index in [9.17, 15) is 4.79 Å². The van der Waals surface area contributed by atoms with Gasteiger partial charge in [0.15, 0.2) is 0 Å². The number of aromatic nitrogens is 2. The standard InChI is InChI=1S/C17H19N3O2/c1-12-11-20(13-6-2-3-7-15(13)22-12)17(21)14-10-18-16-8-4-5-9-19(14)16/h2-3,6-7,10,12H,4-5,8-9,11H2,1H3. The van der Waals surface area contributed by atoms with Crippen molar-refractivity contribution in [2.45, 2.75) is 38.8 Å². The van der Waals surface area contributed by atoms with Crippen LogP contribution in [-0.2, 0) is 13.0 Å². The number of fused-ring (bicyclic) bond motifs is 2. The summed E-state index contributed by atoms with van der Waals surface area (Å²) in [6, 6.07) is 7.72. The lowest BCUT2D eigenvalue weighted by atomic mass is 10.1. The largest absolute Gasteiger partial charge is 0.487 e. The van der Waals surface area contributed by atoms with Gasteiger partial charge in [0.2, 0.25) is 0 Å². The van der Waals surface area contributed by atoms with Gasteiger partial charge in [-0.15, -0.1) is 0 Å². The first-order valence-electron chi connectivity index (χ1n) is 7.86. The molecule has 1 amide bonds. The van der Waals surface area contributed by atoms with Gasteiger partial charge in [-0.1, -0.05) is 12.1 Å². The Kier molecular flexibility index (Phi) is 3.13. The fourth-order valence-corrected chi connectivity index (χ4v) is 3.31. The summed E-state index contributed by atoms with van der Waals surface area (Å²) in [5.41, 5.74) is 1.54. The molecule has 0 N–H and O–H groups in total. The van der Waals surface area contributed by atoms with Crippen LogP contribution >= 0.6 is 0 Å². The Bertz CT molecular complexity index is 722. The molecule has 2 aliphatic heterocycles. The molecule has 4 rings (SSSR count). The maximum absolute atomic E-state index is 13.1. The average molecular weight is 297 g/mol. The fourth-order valence-electron chi connectivity index (χ4n) is 3.31. The molecule has 5 heteroatoms. The molecule has 1 atom stereocenters. The van der Waals surface area contributed by atoms with Crippen LogP contribution < -0.4 is 9.64 Å². The molecule has 0 aliphatic carbocycles. The number of aryl methyl sites for hydroxylation is 1. The van der Waals surface area contributed by atoms with Crippen LogP contribution in [0.25, 0.3) is 0 Å². The number of anilines is 1. The first-order valence-corrected chi connectivity index (χ1v) is 7.86. The number of nitrogens with zero attached hydrogens (tertiary/aromatic N) is 3. The predicted octanol–water partition coefficient (Wildman–Crippen LogP) is 2.65. The highest BCUT2D eigenvalue weighted by Crippen LogP contribution is 2.34. The first-order chi connectivity index (χ1) is 10.7. The quantitative estimate of drug-likeness (QED) is 0.813. The molecule has 0 saturated carbocycles. The smallest absolute Gasteiger partial charge is 0.276 e. The van der Waals surface area contributed by atoms with Gasteiger partial charge in [-0.25, -0.2) is 4.98 Å². The maximum atomic E-state index is 13.1. The summed E-state index contributed by atoms with van der Waals surface area (Å²) in [7, 11) is 0. The second kappa shape index (κ2) is 5.16. The van der Waals surface area contributed by atoms with E-state index < -0.39 is 0 Å². The highest BCUT2D eigenvalue weighted by molar-refractivity contribution is 6.06. The van der Waals surface area contributed by atoms with Gasteiger partial charge in [0.05, 0.1) is 18.4 Å². The molecular weight excluding hydrogens is 278 g/mol. The minimum absolute atomic E-state index is 0.0115. The number of para-hydroxylation sites is 2. The molecule has 0 bridgehead atoms. The Morgan fingerprint density at radius 2 is 2.18 bits per heavy atom. The van der Waals surface area contributed by atoms with E-state index in [2.05, 4.69) is 9.55 Å². The van der Waals surface area contributed by atoms with Gasteiger partial charge in [0.1, 0.15) is 23.4 Å². The summed E-state index contributed by atoms with van der Waals surface area (Å²) in [6.45, 7) is 3.44. The zero-order chi connectivity index (χ0) is 15.1. The highest BCUT2D eigenvalue weighted by Gasteiger charge is 2.30. The van der Waals surface area contributed by atoms with Crippen LogP contribution in [0.2, 0.25) is 0 Å². The summed E-state index contributed by atoms with van der Waals surface area (Å²) in [6.07, 6.45) is 4.94. The monoisotopic (exact) mass is 297 g/mol. The number of ether oxygens (including phenoxy) is 1. The maximum Gasteiger partial charge on any atom is 0.276 e. The van der Waals surface area contributed by atoms with Gasteiger partial charge in [0.25, 0.3) is 5.91 Å². The van der Waals surface area contributed by atoms with E-state index >= 15 is 0 Å². The number of amides is 1. The SMILES string of the molecule is CC1CN(C(=O)c2cnc3n2CCCC3)c2ccccc2O1. The van der Waals surface area contributed by atoms with Crippen molar-refractivity contribution in [1.29, 1.82) is 0 Å². The fraction of sp³-hybridized carbons (Fsp3) is 0.412. The first kappa shape index (κ1) is 13.4. The van der Waals surface area contributed by atoms with Crippen molar-refractivity contribution in [1.82, 2.24) is 9.55 Å². The molecule has 0 fully saturated rings. The lowest BCUT2D eigenvalue weighted by Crippen LogP contribution is -2.43. The van der Waals surface area contributed by atoms with Gasteiger partial charge in [-0.05, 0) is 31.9 Å².